The Bertz CT molecular complexity index is 838. The number of hydrogen-bond donors (Lipinski definition) is 2. The van der Waals surface area contributed by atoms with Crippen molar-refractivity contribution in [3.8, 4) is 5.75 Å². The van der Waals surface area contributed by atoms with E-state index in [1.54, 1.807) is 24.3 Å². The van der Waals surface area contributed by atoms with Gasteiger partial charge in [-0.05, 0) is 29.7 Å². The Morgan fingerprint density at radius 3 is 2.74 bits per heavy atom. The Hall–Kier alpha value is -2.53. The zero-order chi connectivity index (χ0) is 16.4. The summed E-state index contributed by atoms with van der Waals surface area (Å²) in [5.74, 6) is 0.481. The predicted molar refractivity (Wildman–Crippen MR) is 91.5 cm³/mol. The first-order valence-electron chi connectivity index (χ1n) is 7.24. The first-order chi connectivity index (χ1) is 11.0. The van der Waals surface area contributed by atoms with E-state index in [1.807, 2.05) is 25.2 Å². The molecule has 118 valence electrons. The van der Waals surface area contributed by atoms with Gasteiger partial charge in [0.25, 0.3) is 5.56 Å². The Morgan fingerprint density at radius 2 is 2.09 bits per heavy atom. The zero-order valence-corrected chi connectivity index (χ0v) is 13.3. The molecule has 0 aliphatic heterocycles. The minimum absolute atomic E-state index is 0.201. The molecule has 23 heavy (non-hydrogen) atoms. The van der Waals surface area contributed by atoms with Crippen molar-refractivity contribution in [1.82, 2.24) is 9.78 Å². The van der Waals surface area contributed by atoms with Crippen molar-refractivity contribution >= 4 is 23.0 Å². The fraction of sp³-hybridized carbons (Fsp3) is 0.176. The maximum Gasteiger partial charge on any atom is 0.296 e. The molecule has 0 saturated carbocycles. The van der Waals surface area contributed by atoms with Crippen LogP contribution in [-0.2, 0) is 6.54 Å². The number of aromatic hydroxyl groups is 1. The molecule has 0 fully saturated rings. The largest absolute Gasteiger partial charge is 0.508 e. The summed E-state index contributed by atoms with van der Waals surface area (Å²) in [7, 11) is 0. The molecule has 3 rings (SSSR count). The molecule has 0 saturated heterocycles. The average molecular weight is 330 g/mol. The highest BCUT2D eigenvalue weighted by atomic mass is 35.5. The van der Waals surface area contributed by atoms with Crippen molar-refractivity contribution in [2.75, 3.05) is 5.32 Å². The lowest BCUT2D eigenvalue weighted by Crippen LogP contribution is -2.25. The van der Waals surface area contributed by atoms with Crippen LogP contribution < -0.4 is 10.9 Å². The first-order valence-corrected chi connectivity index (χ1v) is 7.62. The molecule has 1 heterocycles. The van der Waals surface area contributed by atoms with Crippen molar-refractivity contribution in [3.63, 3.8) is 0 Å². The molecule has 1 aliphatic carbocycles. The van der Waals surface area contributed by atoms with Crippen molar-refractivity contribution in [3.05, 3.63) is 69.6 Å². The maximum absolute atomic E-state index is 12.6. The normalized spacial score (nSPS) is 16.4. The molecule has 5 nitrogen and oxygen atoms in total. The van der Waals surface area contributed by atoms with Gasteiger partial charge in [0.1, 0.15) is 11.4 Å². The standard InChI is InChI=1S/C17H16ClN3O2/c1-11-2-5-13(8-11)21-17(23)16(15(18)10-20-21)19-9-12-3-6-14(22)7-4-12/h2-8,10-11,19,22H,9H2,1H3. The van der Waals surface area contributed by atoms with Crippen molar-refractivity contribution in [2.24, 2.45) is 5.92 Å². The summed E-state index contributed by atoms with van der Waals surface area (Å²) in [5.41, 5.74) is 1.69. The van der Waals surface area contributed by atoms with Crippen LogP contribution in [0.4, 0.5) is 5.69 Å². The molecule has 0 spiro atoms. The van der Waals surface area contributed by atoms with E-state index >= 15 is 0 Å². The fourth-order valence-electron chi connectivity index (χ4n) is 2.35. The monoisotopic (exact) mass is 329 g/mol. The van der Waals surface area contributed by atoms with Crippen LogP contribution in [0, 0.1) is 5.92 Å². The predicted octanol–water partition coefficient (Wildman–Crippen LogP) is 3.26. The number of nitrogens with one attached hydrogen (secondary N) is 1. The smallest absolute Gasteiger partial charge is 0.296 e. The van der Waals surface area contributed by atoms with E-state index in [0.29, 0.717) is 12.2 Å². The van der Waals surface area contributed by atoms with Crippen LogP contribution in [0.3, 0.4) is 0 Å². The van der Waals surface area contributed by atoms with Gasteiger partial charge in [-0.1, -0.05) is 42.8 Å². The van der Waals surface area contributed by atoms with Crippen LogP contribution in [0.5, 0.6) is 5.75 Å². The van der Waals surface area contributed by atoms with Crippen LogP contribution in [0.2, 0.25) is 5.02 Å². The Balaban J connectivity index is 1.87. The lowest BCUT2D eigenvalue weighted by Gasteiger charge is -2.11. The minimum Gasteiger partial charge on any atom is -0.508 e. The average Bonchev–Trinajstić information content (AvgIpc) is 2.95. The third kappa shape index (κ3) is 3.29. The van der Waals surface area contributed by atoms with Crippen molar-refractivity contribution in [2.45, 2.75) is 13.5 Å². The van der Waals surface area contributed by atoms with Gasteiger partial charge in [0.05, 0.1) is 16.9 Å². The third-order valence-corrected chi connectivity index (χ3v) is 3.87. The maximum atomic E-state index is 12.6. The topological polar surface area (TPSA) is 67.2 Å². The van der Waals surface area contributed by atoms with E-state index in [0.717, 1.165) is 11.3 Å². The van der Waals surface area contributed by atoms with E-state index in [-0.39, 0.29) is 22.2 Å². The number of phenolic OH excluding ortho intramolecular Hbond substituents is 1. The number of anilines is 1. The highest BCUT2D eigenvalue weighted by Crippen LogP contribution is 2.21. The molecule has 1 aromatic heterocycles. The van der Waals surface area contributed by atoms with Crippen LogP contribution >= 0.6 is 11.6 Å². The van der Waals surface area contributed by atoms with Gasteiger partial charge in [0.15, 0.2) is 0 Å². The number of nitrogens with zero attached hydrogens (tertiary/aromatic N) is 2. The quantitative estimate of drug-likeness (QED) is 0.903. The van der Waals surface area contributed by atoms with E-state index in [9.17, 15) is 9.90 Å². The first kappa shape index (κ1) is 15.4. The second-order valence-electron chi connectivity index (χ2n) is 5.41. The molecule has 1 unspecified atom stereocenters. The Morgan fingerprint density at radius 1 is 1.35 bits per heavy atom. The molecule has 2 N–H and O–H groups in total. The van der Waals surface area contributed by atoms with Gasteiger partial charge in [-0.3, -0.25) is 4.79 Å². The molecule has 0 radical (unpaired) electrons. The second-order valence-corrected chi connectivity index (χ2v) is 5.82. The van der Waals surface area contributed by atoms with Crippen LogP contribution in [-0.4, -0.2) is 14.9 Å². The summed E-state index contributed by atoms with van der Waals surface area (Å²) in [6.45, 7) is 2.46. The van der Waals surface area contributed by atoms with Crippen LogP contribution in [0.15, 0.2) is 53.5 Å². The summed E-state index contributed by atoms with van der Waals surface area (Å²) in [4.78, 5) is 12.6. The van der Waals surface area contributed by atoms with Gasteiger partial charge in [-0.25, -0.2) is 0 Å². The summed E-state index contributed by atoms with van der Waals surface area (Å²) in [5, 5.41) is 16.7. The highest BCUT2D eigenvalue weighted by Gasteiger charge is 2.14. The molecule has 1 aromatic carbocycles. The molecule has 0 amide bonds. The number of hydrogen-bond acceptors (Lipinski definition) is 4. The third-order valence-electron chi connectivity index (χ3n) is 3.59. The number of aromatic nitrogens is 2. The lowest BCUT2D eigenvalue weighted by molar-refractivity contribution is 0.475. The van der Waals surface area contributed by atoms with E-state index in [1.165, 1.54) is 10.9 Å². The molecular formula is C17H16ClN3O2. The molecule has 1 atom stereocenters. The molecular weight excluding hydrogens is 314 g/mol. The van der Waals surface area contributed by atoms with Crippen LogP contribution in [0.25, 0.3) is 5.70 Å². The van der Waals surface area contributed by atoms with Gasteiger partial charge in [0, 0.05) is 6.54 Å². The molecule has 1 aliphatic rings. The lowest BCUT2D eigenvalue weighted by atomic mass is 10.2. The number of rotatable bonds is 4. The minimum atomic E-state index is -0.290. The van der Waals surface area contributed by atoms with Crippen molar-refractivity contribution in [1.29, 1.82) is 0 Å². The Kier molecular flexibility index (Phi) is 4.21. The summed E-state index contributed by atoms with van der Waals surface area (Å²) >= 11 is 6.11. The molecule has 2 aromatic rings. The van der Waals surface area contributed by atoms with E-state index < -0.39 is 0 Å². The van der Waals surface area contributed by atoms with Gasteiger partial charge in [-0.2, -0.15) is 9.78 Å². The number of benzene rings is 1. The van der Waals surface area contributed by atoms with Gasteiger partial charge >= 0.3 is 0 Å². The summed E-state index contributed by atoms with van der Waals surface area (Å²) < 4.78 is 1.34. The van der Waals surface area contributed by atoms with Gasteiger partial charge in [-0.15, -0.1) is 0 Å². The molecule has 6 heteroatoms. The zero-order valence-electron chi connectivity index (χ0n) is 12.5. The highest BCUT2D eigenvalue weighted by molar-refractivity contribution is 6.33. The van der Waals surface area contributed by atoms with E-state index in [4.69, 9.17) is 11.6 Å². The van der Waals surface area contributed by atoms with Crippen LogP contribution in [0.1, 0.15) is 12.5 Å². The van der Waals surface area contributed by atoms with E-state index in [2.05, 4.69) is 10.4 Å². The fourth-order valence-corrected chi connectivity index (χ4v) is 2.55. The number of phenols is 1. The number of halogens is 1. The SMILES string of the molecule is CC1C=CC(n2ncc(Cl)c(NCc3ccc(O)cc3)c2=O)=C1. The number of allylic oxidation sites excluding steroid dienone is 4. The summed E-state index contributed by atoms with van der Waals surface area (Å²) in [6.07, 6.45) is 7.30. The van der Waals surface area contributed by atoms with Gasteiger partial charge in [0.2, 0.25) is 0 Å². The van der Waals surface area contributed by atoms with Crippen molar-refractivity contribution < 1.29 is 5.11 Å². The second kappa shape index (κ2) is 6.30. The Labute approximate surface area is 138 Å². The molecule has 0 bridgehead atoms. The summed E-state index contributed by atoms with van der Waals surface area (Å²) in [6, 6.07) is 6.75. The van der Waals surface area contributed by atoms with Gasteiger partial charge < -0.3 is 10.4 Å².